The molecular formula is C24H30O9. The summed E-state index contributed by atoms with van der Waals surface area (Å²) in [6, 6.07) is 12.7. The third kappa shape index (κ3) is 4.85. The number of ether oxygens (including phenoxy) is 3. The largest absolute Gasteiger partial charge is 0.485 e. The molecule has 0 aromatic heterocycles. The van der Waals surface area contributed by atoms with Crippen LogP contribution < -0.4 is 9.47 Å². The van der Waals surface area contributed by atoms with E-state index in [2.05, 4.69) is 0 Å². The predicted octanol–water partition coefficient (Wildman–Crippen LogP) is -0.000200. The molecule has 7 unspecified atom stereocenters. The molecule has 9 heteroatoms. The van der Waals surface area contributed by atoms with Crippen LogP contribution in [0.1, 0.15) is 35.1 Å². The van der Waals surface area contributed by atoms with E-state index in [1.807, 2.05) is 18.2 Å². The minimum Gasteiger partial charge on any atom is -0.485 e. The van der Waals surface area contributed by atoms with Crippen LogP contribution in [-0.4, -0.2) is 81.2 Å². The lowest BCUT2D eigenvalue weighted by Gasteiger charge is -2.39. The van der Waals surface area contributed by atoms with Crippen LogP contribution in [0.2, 0.25) is 0 Å². The zero-order valence-corrected chi connectivity index (χ0v) is 18.0. The van der Waals surface area contributed by atoms with Gasteiger partial charge in [-0.1, -0.05) is 24.3 Å². The van der Waals surface area contributed by atoms with Crippen molar-refractivity contribution in [3.8, 4) is 11.5 Å². The zero-order chi connectivity index (χ0) is 23.5. The Bertz CT molecular complexity index is 917. The molecule has 0 amide bonds. The van der Waals surface area contributed by atoms with Gasteiger partial charge in [0.05, 0.1) is 19.1 Å². The molecule has 6 N–H and O–H groups in total. The van der Waals surface area contributed by atoms with Crippen molar-refractivity contribution in [2.75, 3.05) is 19.8 Å². The fourth-order valence-corrected chi connectivity index (χ4v) is 4.35. The highest BCUT2D eigenvalue weighted by Crippen LogP contribution is 2.46. The van der Waals surface area contributed by atoms with Crippen LogP contribution >= 0.6 is 0 Å². The van der Waals surface area contributed by atoms with Gasteiger partial charge in [0, 0.05) is 12.2 Å². The van der Waals surface area contributed by atoms with Gasteiger partial charge in [0.1, 0.15) is 42.0 Å². The van der Waals surface area contributed by atoms with Crippen LogP contribution in [0.15, 0.2) is 42.5 Å². The van der Waals surface area contributed by atoms with Crippen molar-refractivity contribution in [2.45, 2.75) is 55.6 Å². The summed E-state index contributed by atoms with van der Waals surface area (Å²) in [4.78, 5) is 0. The monoisotopic (exact) mass is 462 g/mol. The Morgan fingerprint density at radius 3 is 2.27 bits per heavy atom. The van der Waals surface area contributed by atoms with Crippen molar-refractivity contribution >= 4 is 0 Å². The Morgan fingerprint density at radius 2 is 1.61 bits per heavy atom. The Morgan fingerprint density at radius 1 is 0.848 bits per heavy atom. The summed E-state index contributed by atoms with van der Waals surface area (Å²) in [7, 11) is 0. The number of benzene rings is 2. The number of aliphatic hydroxyl groups excluding tert-OH is 6. The van der Waals surface area contributed by atoms with Crippen LogP contribution in [0, 0.1) is 0 Å². The summed E-state index contributed by atoms with van der Waals surface area (Å²) in [5, 5.41) is 58.4. The Hall–Kier alpha value is -2.24. The fraction of sp³-hybridized carbons (Fsp3) is 0.500. The summed E-state index contributed by atoms with van der Waals surface area (Å²) in [5.74, 6) is 0.824. The highest BCUT2D eigenvalue weighted by Gasteiger charge is 2.44. The quantitative estimate of drug-likeness (QED) is 0.319. The van der Waals surface area contributed by atoms with Crippen LogP contribution in [-0.2, 0) is 11.2 Å². The number of hydrogen-bond acceptors (Lipinski definition) is 9. The van der Waals surface area contributed by atoms with E-state index in [9.17, 15) is 25.5 Å². The first-order valence-corrected chi connectivity index (χ1v) is 11.0. The van der Waals surface area contributed by atoms with Gasteiger partial charge in [-0.2, -0.15) is 0 Å². The maximum atomic E-state index is 10.1. The second-order valence-corrected chi connectivity index (χ2v) is 8.41. The Kier molecular flexibility index (Phi) is 7.50. The molecule has 0 bridgehead atoms. The van der Waals surface area contributed by atoms with Crippen molar-refractivity contribution in [3.63, 3.8) is 0 Å². The molecule has 0 spiro atoms. The summed E-state index contributed by atoms with van der Waals surface area (Å²) in [6.07, 6.45) is -5.75. The van der Waals surface area contributed by atoms with E-state index >= 15 is 0 Å². The zero-order valence-electron chi connectivity index (χ0n) is 18.0. The molecule has 9 nitrogen and oxygen atoms in total. The summed E-state index contributed by atoms with van der Waals surface area (Å²) >= 11 is 0. The highest BCUT2D eigenvalue weighted by molar-refractivity contribution is 5.46. The average molecular weight is 462 g/mol. The standard InChI is InChI=1S/C24H30O9/c25-9-1-2-13-3-8-18-16(10-13)17(11-26)23(32-18)14-4-6-15(7-5-14)31-24-22(30)21(29)20(28)19(12-27)33-24/h3-8,10,17,19-30H,1-2,9,11-12H2. The van der Waals surface area contributed by atoms with Crippen LogP contribution in [0.4, 0.5) is 0 Å². The minimum absolute atomic E-state index is 0.0930. The first kappa shape index (κ1) is 23.9. The second-order valence-electron chi connectivity index (χ2n) is 8.41. The van der Waals surface area contributed by atoms with Gasteiger partial charge in [0.25, 0.3) is 0 Å². The third-order valence-corrected chi connectivity index (χ3v) is 6.22. The van der Waals surface area contributed by atoms with E-state index in [0.717, 1.165) is 23.1 Å². The highest BCUT2D eigenvalue weighted by atomic mass is 16.7. The van der Waals surface area contributed by atoms with Crippen molar-refractivity contribution in [2.24, 2.45) is 0 Å². The Labute approximate surface area is 191 Å². The average Bonchev–Trinajstić information content (AvgIpc) is 3.21. The van der Waals surface area contributed by atoms with Gasteiger partial charge in [-0.3, -0.25) is 0 Å². The van der Waals surface area contributed by atoms with Crippen molar-refractivity contribution in [1.82, 2.24) is 0 Å². The lowest BCUT2D eigenvalue weighted by Crippen LogP contribution is -2.60. The van der Waals surface area contributed by atoms with Gasteiger partial charge in [-0.25, -0.2) is 0 Å². The molecule has 0 saturated carbocycles. The van der Waals surface area contributed by atoms with Crippen molar-refractivity contribution < 1.29 is 44.8 Å². The molecule has 2 aromatic carbocycles. The molecule has 33 heavy (non-hydrogen) atoms. The number of hydrogen-bond donors (Lipinski definition) is 6. The third-order valence-electron chi connectivity index (χ3n) is 6.22. The van der Waals surface area contributed by atoms with Gasteiger partial charge in [0.15, 0.2) is 0 Å². The van der Waals surface area contributed by atoms with Gasteiger partial charge in [-0.15, -0.1) is 0 Å². The van der Waals surface area contributed by atoms with E-state index in [1.54, 1.807) is 24.3 Å². The van der Waals surface area contributed by atoms with Crippen LogP contribution in [0.3, 0.4) is 0 Å². The van der Waals surface area contributed by atoms with Gasteiger partial charge >= 0.3 is 0 Å². The molecule has 2 aliphatic rings. The topological polar surface area (TPSA) is 149 Å². The van der Waals surface area contributed by atoms with E-state index in [1.165, 1.54) is 0 Å². The van der Waals surface area contributed by atoms with Crippen molar-refractivity contribution in [1.29, 1.82) is 0 Å². The SMILES string of the molecule is OCCCc1ccc2c(c1)C(CO)C(c1ccc(OC3OC(CO)C(O)C(O)C3O)cc1)O2. The maximum absolute atomic E-state index is 10.1. The molecule has 2 heterocycles. The lowest BCUT2D eigenvalue weighted by molar-refractivity contribution is -0.277. The lowest BCUT2D eigenvalue weighted by atomic mass is 9.90. The van der Waals surface area contributed by atoms with Gasteiger partial charge in [-0.05, 0) is 42.2 Å². The Balaban J connectivity index is 1.46. The number of aliphatic hydroxyl groups is 6. The summed E-state index contributed by atoms with van der Waals surface area (Å²) in [5.41, 5.74) is 2.83. The van der Waals surface area contributed by atoms with Crippen LogP contribution in [0.5, 0.6) is 11.5 Å². The smallest absolute Gasteiger partial charge is 0.229 e. The number of aryl methyl sites for hydroxylation is 1. The first-order chi connectivity index (χ1) is 16.0. The molecule has 1 fully saturated rings. The second kappa shape index (κ2) is 10.4. The molecule has 1 saturated heterocycles. The number of fused-ring (bicyclic) bond motifs is 1. The first-order valence-electron chi connectivity index (χ1n) is 11.0. The summed E-state index contributed by atoms with van der Waals surface area (Å²) in [6.45, 7) is -0.505. The van der Waals surface area contributed by atoms with Gasteiger partial charge in [0.2, 0.25) is 6.29 Å². The normalized spacial score (nSPS) is 31.2. The van der Waals surface area contributed by atoms with E-state index < -0.39 is 37.3 Å². The van der Waals surface area contributed by atoms with E-state index in [4.69, 9.17) is 19.3 Å². The molecule has 4 rings (SSSR count). The summed E-state index contributed by atoms with van der Waals surface area (Å²) < 4.78 is 17.1. The minimum atomic E-state index is -1.52. The van der Waals surface area contributed by atoms with Gasteiger partial charge < -0.3 is 44.8 Å². The molecule has 0 aliphatic carbocycles. The van der Waals surface area contributed by atoms with Crippen molar-refractivity contribution in [3.05, 3.63) is 59.2 Å². The van der Waals surface area contributed by atoms with E-state index in [0.29, 0.717) is 17.9 Å². The molecule has 0 radical (unpaired) electrons. The van der Waals surface area contributed by atoms with Crippen LogP contribution in [0.25, 0.3) is 0 Å². The number of rotatable bonds is 8. The molecular weight excluding hydrogens is 432 g/mol. The van der Waals surface area contributed by atoms with E-state index in [-0.39, 0.29) is 25.2 Å². The predicted molar refractivity (Wildman–Crippen MR) is 116 cm³/mol. The molecule has 2 aliphatic heterocycles. The molecule has 2 aromatic rings. The molecule has 7 atom stereocenters. The molecule has 180 valence electrons. The maximum Gasteiger partial charge on any atom is 0.229 e. The fourth-order valence-electron chi connectivity index (χ4n) is 4.35.